The molecule has 1 aliphatic rings. The molecule has 1 rings (SSSR count). The number of hydrogen-bond acceptors (Lipinski definition) is 2. The minimum Gasteiger partial charge on any atom is -0.481 e. The Morgan fingerprint density at radius 1 is 1.35 bits per heavy atom. The molecular formula is C12H22N2O3. The first-order valence-corrected chi connectivity index (χ1v) is 6.21. The Labute approximate surface area is 102 Å². The number of nitrogens with one attached hydrogen (secondary N) is 2. The Kier molecular flexibility index (Phi) is 4.78. The predicted molar refractivity (Wildman–Crippen MR) is 64.8 cm³/mol. The molecular weight excluding hydrogens is 220 g/mol. The first kappa shape index (κ1) is 13.8. The topological polar surface area (TPSA) is 78.4 Å². The third-order valence-corrected chi connectivity index (χ3v) is 3.59. The van der Waals surface area contributed by atoms with E-state index in [-0.39, 0.29) is 18.0 Å². The molecule has 0 aromatic heterocycles. The molecule has 1 unspecified atom stereocenters. The van der Waals surface area contributed by atoms with Crippen molar-refractivity contribution in [3.8, 4) is 0 Å². The molecule has 0 saturated heterocycles. The molecule has 2 amide bonds. The van der Waals surface area contributed by atoms with Crippen molar-refractivity contribution in [2.45, 2.75) is 39.5 Å². The minimum atomic E-state index is -0.862. The second-order valence-corrected chi connectivity index (χ2v) is 5.17. The van der Waals surface area contributed by atoms with Crippen molar-refractivity contribution in [3.63, 3.8) is 0 Å². The Morgan fingerprint density at radius 3 is 2.41 bits per heavy atom. The van der Waals surface area contributed by atoms with Gasteiger partial charge in [-0.1, -0.05) is 20.3 Å². The van der Waals surface area contributed by atoms with Gasteiger partial charge in [-0.25, -0.2) is 4.79 Å². The van der Waals surface area contributed by atoms with Crippen LogP contribution in [0.25, 0.3) is 0 Å². The van der Waals surface area contributed by atoms with Crippen molar-refractivity contribution in [1.29, 1.82) is 0 Å². The van der Waals surface area contributed by atoms with E-state index in [0.29, 0.717) is 13.0 Å². The molecule has 0 radical (unpaired) electrons. The second kappa shape index (κ2) is 5.89. The van der Waals surface area contributed by atoms with Crippen molar-refractivity contribution < 1.29 is 14.7 Å². The summed E-state index contributed by atoms with van der Waals surface area (Å²) >= 11 is 0. The second-order valence-electron chi connectivity index (χ2n) is 5.17. The van der Waals surface area contributed by atoms with Gasteiger partial charge in [-0.2, -0.15) is 0 Å². The molecule has 0 heterocycles. The summed E-state index contributed by atoms with van der Waals surface area (Å²) in [6.45, 7) is 4.81. The summed E-state index contributed by atoms with van der Waals surface area (Å²) in [4.78, 5) is 22.2. The van der Waals surface area contributed by atoms with Crippen molar-refractivity contribution in [1.82, 2.24) is 10.6 Å². The van der Waals surface area contributed by atoms with Gasteiger partial charge in [0.15, 0.2) is 0 Å². The summed E-state index contributed by atoms with van der Waals surface area (Å²) in [6, 6.07) is -0.266. The number of urea groups is 1. The summed E-state index contributed by atoms with van der Waals surface area (Å²) < 4.78 is 0. The van der Waals surface area contributed by atoms with Gasteiger partial charge in [0.25, 0.3) is 0 Å². The molecule has 5 heteroatoms. The van der Waals surface area contributed by atoms with Crippen LogP contribution < -0.4 is 10.6 Å². The Balaban J connectivity index is 2.18. The molecule has 98 valence electrons. The fraction of sp³-hybridized carbons (Fsp3) is 0.833. The fourth-order valence-electron chi connectivity index (χ4n) is 1.94. The maximum absolute atomic E-state index is 11.5. The van der Waals surface area contributed by atoms with Crippen molar-refractivity contribution >= 4 is 12.0 Å². The smallest absolute Gasteiger partial charge is 0.314 e. The van der Waals surface area contributed by atoms with Gasteiger partial charge in [0.2, 0.25) is 0 Å². The van der Waals surface area contributed by atoms with E-state index in [0.717, 1.165) is 12.8 Å². The van der Waals surface area contributed by atoms with Crippen LogP contribution in [0.2, 0.25) is 0 Å². The summed E-state index contributed by atoms with van der Waals surface area (Å²) in [5.41, 5.74) is 0.244. The van der Waals surface area contributed by atoms with Crippen LogP contribution in [-0.2, 0) is 4.79 Å². The quantitative estimate of drug-likeness (QED) is 0.661. The van der Waals surface area contributed by atoms with Crippen molar-refractivity contribution in [3.05, 3.63) is 0 Å². The van der Waals surface area contributed by atoms with E-state index in [1.54, 1.807) is 6.92 Å². The van der Waals surface area contributed by atoms with E-state index in [4.69, 9.17) is 5.11 Å². The van der Waals surface area contributed by atoms with Gasteiger partial charge in [0, 0.05) is 13.1 Å². The van der Waals surface area contributed by atoms with Crippen LogP contribution in [-0.4, -0.2) is 30.2 Å². The summed E-state index contributed by atoms with van der Waals surface area (Å²) in [5, 5.41) is 14.2. The molecule has 1 aliphatic carbocycles. The van der Waals surface area contributed by atoms with Crippen LogP contribution in [0.5, 0.6) is 0 Å². The highest BCUT2D eigenvalue weighted by Gasteiger charge is 2.31. The molecule has 5 nitrogen and oxygen atoms in total. The molecule has 1 saturated carbocycles. The number of rotatable bonds is 6. The number of carboxylic acid groups (broad SMARTS) is 1. The zero-order valence-electron chi connectivity index (χ0n) is 10.6. The molecule has 1 fully saturated rings. The number of carboxylic acids is 1. The van der Waals surface area contributed by atoms with E-state index in [2.05, 4.69) is 17.6 Å². The monoisotopic (exact) mass is 242 g/mol. The summed E-state index contributed by atoms with van der Waals surface area (Å²) in [6.07, 6.45) is 4.06. The zero-order chi connectivity index (χ0) is 12.9. The third kappa shape index (κ3) is 4.24. The van der Waals surface area contributed by atoms with Crippen LogP contribution in [0.15, 0.2) is 0 Å². The van der Waals surface area contributed by atoms with Gasteiger partial charge in [-0.3, -0.25) is 4.79 Å². The molecule has 17 heavy (non-hydrogen) atoms. The van der Waals surface area contributed by atoms with Gasteiger partial charge in [0.1, 0.15) is 0 Å². The van der Waals surface area contributed by atoms with E-state index in [9.17, 15) is 9.59 Å². The van der Waals surface area contributed by atoms with Gasteiger partial charge >= 0.3 is 12.0 Å². The van der Waals surface area contributed by atoms with Crippen LogP contribution in [0, 0.1) is 11.3 Å². The lowest BCUT2D eigenvalue weighted by molar-refractivity contribution is -0.141. The van der Waals surface area contributed by atoms with Gasteiger partial charge < -0.3 is 15.7 Å². The average molecular weight is 242 g/mol. The maximum atomic E-state index is 11.5. The number of hydrogen-bond donors (Lipinski definition) is 3. The number of aliphatic carboxylic acids is 1. The molecule has 1 atom stereocenters. The first-order valence-electron chi connectivity index (χ1n) is 6.21. The van der Waals surface area contributed by atoms with Gasteiger partial charge in [0.05, 0.1) is 5.92 Å². The van der Waals surface area contributed by atoms with E-state index < -0.39 is 11.9 Å². The van der Waals surface area contributed by atoms with Gasteiger partial charge in [-0.15, -0.1) is 0 Å². The highest BCUT2D eigenvalue weighted by molar-refractivity contribution is 5.75. The van der Waals surface area contributed by atoms with Crippen LogP contribution >= 0.6 is 0 Å². The normalized spacial score (nSPS) is 18.9. The van der Waals surface area contributed by atoms with E-state index in [1.165, 1.54) is 6.42 Å². The first-order chi connectivity index (χ1) is 7.97. The lowest BCUT2D eigenvalue weighted by Crippen LogP contribution is -2.45. The largest absolute Gasteiger partial charge is 0.481 e. The van der Waals surface area contributed by atoms with Crippen LogP contribution in [0.1, 0.15) is 39.5 Å². The standard InChI is InChI=1S/C12H22N2O3/c1-3-9(10(15)16)7-13-11(17)14-8-12(2)5-4-6-12/h9H,3-8H2,1-2H3,(H,15,16)(H2,13,14,17). The van der Waals surface area contributed by atoms with Crippen molar-refractivity contribution in [2.75, 3.05) is 13.1 Å². The Hall–Kier alpha value is -1.26. The molecule has 0 bridgehead atoms. The van der Waals surface area contributed by atoms with E-state index in [1.807, 2.05) is 0 Å². The molecule has 0 aliphatic heterocycles. The predicted octanol–water partition coefficient (Wildman–Crippen LogP) is 1.59. The zero-order valence-corrected chi connectivity index (χ0v) is 10.6. The molecule has 0 aromatic carbocycles. The third-order valence-electron chi connectivity index (χ3n) is 3.59. The number of carbonyl (C=O) groups is 2. The average Bonchev–Trinajstić information content (AvgIpc) is 2.24. The Bertz CT molecular complexity index is 287. The highest BCUT2D eigenvalue weighted by Crippen LogP contribution is 2.39. The lowest BCUT2D eigenvalue weighted by atomic mass is 9.70. The SMILES string of the molecule is CCC(CNC(=O)NCC1(C)CCC1)C(=O)O. The highest BCUT2D eigenvalue weighted by atomic mass is 16.4. The summed E-state index contributed by atoms with van der Waals surface area (Å²) in [5.74, 6) is -1.36. The molecule has 0 aromatic rings. The summed E-state index contributed by atoms with van der Waals surface area (Å²) in [7, 11) is 0. The van der Waals surface area contributed by atoms with Gasteiger partial charge in [-0.05, 0) is 24.7 Å². The van der Waals surface area contributed by atoms with Crippen LogP contribution in [0.3, 0.4) is 0 Å². The van der Waals surface area contributed by atoms with E-state index >= 15 is 0 Å². The minimum absolute atomic E-state index is 0.189. The fourth-order valence-corrected chi connectivity index (χ4v) is 1.94. The van der Waals surface area contributed by atoms with Crippen molar-refractivity contribution in [2.24, 2.45) is 11.3 Å². The number of amides is 2. The number of carbonyl (C=O) groups excluding carboxylic acids is 1. The molecule has 0 spiro atoms. The maximum Gasteiger partial charge on any atom is 0.314 e. The lowest BCUT2D eigenvalue weighted by Gasteiger charge is -2.38. The Morgan fingerprint density at radius 2 is 2.00 bits per heavy atom. The molecule has 3 N–H and O–H groups in total. The van der Waals surface area contributed by atoms with Crippen LogP contribution in [0.4, 0.5) is 4.79 Å².